The molecule has 4 rings (SSSR count). The van der Waals surface area contributed by atoms with Gasteiger partial charge in [0.2, 0.25) is 0 Å². The van der Waals surface area contributed by atoms with Crippen molar-refractivity contribution in [2.24, 2.45) is 0 Å². The first-order chi connectivity index (χ1) is 10.8. The maximum atomic E-state index is 2.22. The summed E-state index contributed by atoms with van der Waals surface area (Å²) in [6.07, 6.45) is 2.25. The first-order valence-electron chi connectivity index (χ1n) is 8.00. The minimum Gasteiger partial charge on any atom is -0.0620 e. The second kappa shape index (κ2) is 6.62. The van der Waals surface area contributed by atoms with Crippen LogP contribution in [0.25, 0.3) is 11.1 Å². The third-order valence-electron chi connectivity index (χ3n) is 4.35. The van der Waals surface area contributed by atoms with E-state index in [1.54, 1.807) is 0 Å². The van der Waals surface area contributed by atoms with Gasteiger partial charge in [-0.1, -0.05) is 79.7 Å². The second-order valence-corrected chi connectivity index (χ2v) is 5.77. The third kappa shape index (κ3) is 2.96. The second-order valence-electron chi connectivity index (χ2n) is 5.77. The first kappa shape index (κ1) is 14.6. The molecule has 0 amide bonds. The highest BCUT2D eigenvalue weighted by molar-refractivity contribution is 5.76. The van der Waals surface area contributed by atoms with Crippen molar-refractivity contribution < 1.29 is 0 Å². The molecule has 0 heterocycles. The van der Waals surface area contributed by atoms with Crippen molar-refractivity contribution in [3.05, 3.63) is 95.1 Å². The van der Waals surface area contributed by atoms with Crippen LogP contribution < -0.4 is 0 Å². The van der Waals surface area contributed by atoms with Crippen molar-refractivity contribution in [1.82, 2.24) is 0 Å². The molecular formula is C22H22. The SMILES string of the molecule is CCc1ccccc1C.c1ccc2c(c1)Cc1ccccc1-2. The van der Waals surface area contributed by atoms with Crippen molar-refractivity contribution in [1.29, 1.82) is 0 Å². The summed E-state index contributed by atoms with van der Waals surface area (Å²) in [6.45, 7) is 4.33. The predicted molar refractivity (Wildman–Crippen MR) is 95.2 cm³/mol. The number of rotatable bonds is 1. The molecule has 0 N–H and O–H groups in total. The lowest BCUT2D eigenvalue weighted by molar-refractivity contribution is 1.11. The van der Waals surface area contributed by atoms with Crippen molar-refractivity contribution in [3.63, 3.8) is 0 Å². The Morgan fingerprint density at radius 3 is 1.68 bits per heavy atom. The summed E-state index contributed by atoms with van der Waals surface area (Å²) in [7, 11) is 0. The van der Waals surface area contributed by atoms with Crippen molar-refractivity contribution in [2.45, 2.75) is 26.7 Å². The van der Waals surface area contributed by atoms with Crippen LogP contribution >= 0.6 is 0 Å². The van der Waals surface area contributed by atoms with Crippen LogP contribution in [-0.4, -0.2) is 0 Å². The van der Waals surface area contributed by atoms with E-state index in [0.29, 0.717) is 0 Å². The number of fused-ring (bicyclic) bond motifs is 3. The van der Waals surface area contributed by atoms with E-state index in [0.717, 1.165) is 12.8 Å². The summed E-state index contributed by atoms with van der Waals surface area (Å²) in [4.78, 5) is 0. The molecule has 0 nitrogen and oxygen atoms in total. The highest BCUT2D eigenvalue weighted by Gasteiger charge is 2.15. The van der Waals surface area contributed by atoms with Gasteiger partial charge >= 0.3 is 0 Å². The zero-order chi connectivity index (χ0) is 15.4. The molecule has 3 aromatic rings. The maximum absolute atomic E-state index is 2.22. The Labute approximate surface area is 133 Å². The lowest BCUT2D eigenvalue weighted by Crippen LogP contribution is -1.82. The van der Waals surface area contributed by atoms with E-state index in [4.69, 9.17) is 0 Å². The molecule has 0 radical (unpaired) electrons. The molecule has 0 spiro atoms. The smallest absolute Gasteiger partial charge is 0.00135 e. The van der Waals surface area contributed by atoms with Gasteiger partial charge < -0.3 is 0 Å². The monoisotopic (exact) mass is 286 g/mol. The molecule has 3 aromatic carbocycles. The molecule has 1 aliphatic carbocycles. The van der Waals surface area contributed by atoms with Gasteiger partial charge in [-0.25, -0.2) is 0 Å². The molecule has 0 unspecified atom stereocenters. The molecule has 0 aromatic heterocycles. The van der Waals surface area contributed by atoms with Crippen LogP contribution in [0.3, 0.4) is 0 Å². The lowest BCUT2D eigenvalue weighted by atomic mass is 10.1. The lowest BCUT2D eigenvalue weighted by Gasteiger charge is -1.98. The number of benzene rings is 3. The molecule has 22 heavy (non-hydrogen) atoms. The molecule has 0 heteroatoms. The molecule has 110 valence electrons. The normalized spacial score (nSPS) is 11.2. The largest absolute Gasteiger partial charge is 0.0620 e. The van der Waals surface area contributed by atoms with Crippen LogP contribution in [0, 0.1) is 6.92 Å². The van der Waals surface area contributed by atoms with Gasteiger partial charge in [-0.15, -0.1) is 0 Å². The summed E-state index contributed by atoms with van der Waals surface area (Å²) >= 11 is 0. The van der Waals surface area contributed by atoms with Gasteiger partial charge in [0.25, 0.3) is 0 Å². The van der Waals surface area contributed by atoms with Crippen LogP contribution in [-0.2, 0) is 12.8 Å². The molecule has 0 saturated carbocycles. The van der Waals surface area contributed by atoms with E-state index in [1.807, 2.05) is 0 Å². The fraction of sp³-hybridized carbons (Fsp3) is 0.182. The van der Waals surface area contributed by atoms with Crippen molar-refractivity contribution >= 4 is 0 Å². The van der Waals surface area contributed by atoms with Gasteiger partial charge in [-0.3, -0.25) is 0 Å². The molecule has 0 atom stereocenters. The topological polar surface area (TPSA) is 0 Å². The van der Waals surface area contributed by atoms with Crippen molar-refractivity contribution in [3.8, 4) is 11.1 Å². The molecule has 0 saturated heterocycles. The van der Waals surface area contributed by atoms with Crippen LogP contribution in [0.4, 0.5) is 0 Å². The highest BCUT2D eigenvalue weighted by Crippen LogP contribution is 2.35. The fourth-order valence-corrected chi connectivity index (χ4v) is 3.09. The van der Waals surface area contributed by atoms with Gasteiger partial charge in [-0.05, 0) is 53.1 Å². The van der Waals surface area contributed by atoms with E-state index in [9.17, 15) is 0 Å². The van der Waals surface area contributed by atoms with E-state index in [-0.39, 0.29) is 0 Å². The standard InChI is InChI=1S/C13H10.C9H12/c1-3-7-12-10(5-1)9-11-6-2-4-8-13(11)12;1-3-9-7-5-4-6-8(9)2/h1-8H,9H2;4-7H,3H2,1-2H3. The average molecular weight is 286 g/mol. The Morgan fingerprint density at radius 2 is 1.18 bits per heavy atom. The fourth-order valence-electron chi connectivity index (χ4n) is 3.09. The van der Waals surface area contributed by atoms with Crippen LogP contribution in [0.5, 0.6) is 0 Å². The molecule has 0 aliphatic heterocycles. The first-order valence-corrected chi connectivity index (χ1v) is 8.00. The van der Waals surface area contributed by atoms with Crippen molar-refractivity contribution in [2.75, 3.05) is 0 Å². The minimum atomic E-state index is 1.10. The van der Waals surface area contributed by atoms with E-state index < -0.39 is 0 Å². The highest BCUT2D eigenvalue weighted by atomic mass is 14.2. The Morgan fingerprint density at radius 1 is 0.682 bits per heavy atom. The molecule has 1 aliphatic rings. The van der Waals surface area contributed by atoms with Gasteiger partial charge in [0.1, 0.15) is 0 Å². The summed E-state index contributed by atoms with van der Waals surface area (Å²) < 4.78 is 0. The Kier molecular flexibility index (Phi) is 4.39. The van der Waals surface area contributed by atoms with Crippen LogP contribution in [0.2, 0.25) is 0 Å². The minimum absolute atomic E-state index is 1.10. The average Bonchev–Trinajstić information content (AvgIpc) is 2.95. The Bertz CT molecular complexity index is 725. The number of aryl methyl sites for hydroxylation is 2. The molecular weight excluding hydrogens is 264 g/mol. The zero-order valence-electron chi connectivity index (χ0n) is 13.3. The van der Waals surface area contributed by atoms with E-state index in [2.05, 4.69) is 86.6 Å². The number of hydrogen-bond acceptors (Lipinski definition) is 0. The van der Waals surface area contributed by atoms with Crippen LogP contribution in [0.1, 0.15) is 29.2 Å². The van der Waals surface area contributed by atoms with Gasteiger partial charge in [-0.2, -0.15) is 0 Å². The Hall–Kier alpha value is -2.34. The number of hydrogen-bond donors (Lipinski definition) is 0. The van der Waals surface area contributed by atoms with E-state index >= 15 is 0 Å². The molecule has 0 fully saturated rings. The summed E-state index contributed by atoms with van der Waals surface area (Å²) in [5.41, 5.74) is 8.61. The molecule has 0 bridgehead atoms. The summed E-state index contributed by atoms with van der Waals surface area (Å²) in [6, 6.07) is 25.8. The van der Waals surface area contributed by atoms with E-state index in [1.165, 1.54) is 33.4 Å². The van der Waals surface area contributed by atoms with Gasteiger partial charge in [0.05, 0.1) is 0 Å². The summed E-state index contributed by atoms with van der Waals surface area (Å²) in [5, 5.41) is 0. The van der Waals surface area contributed by atoms with Crippen LogP contribution in [0.15, 0.2) is 72.8 Å². The van der Waals surface area contributed by atoms with Gasteiger partial charge in [0, 0.05) is 0 Å². The quantitative estimate of drug-likeness (QED) is 0.414. The summed E-state index contributed by atoms with van der Waals surface area (Å²) in [5.74, 6) is 0. The maximum Gasteiger partial charge on any atom is -0.00135 e. The predicted octanol–water partition coefficient (Wildman–Crippen LogP) is 5.82. The third-order valence-corrected chi connectivity index (χ3v) is 4.35. The van der Waals surface area contributed by atoms with Gasteiger partial charge in [0.15, 0.2) is 0 Å². The Balaban J connectivity index is 0.000000142. The zero-order valence-corrected chi connectivity index (χ0v) is 13.3.